The van der Waals surface area contributed by atoms with Crippen molar-refractivity contribution in [2.45, 2.75) is 19.9 Å². The Morgan fingerprint density at radius 1 is 1.33 bits per heavy atom. The molecular formula is C13H20N2O3. The Balaban J connectivity index is 2.96. The van der Waals surface area contributed by atoms with Gasteiger partial charge in [0.05, 0.1) is 25.6 Å². The van der Waals surface area contributed by atoms with Crippen LogP contribution >= 0.6 is 0 Å². The fourth-order valence-corrected chi connectivity index (χ4v) is 1.58. The average molecular weight is 252 g/mol. The topological polar surface area (TPSA) is 73.6 Å². The number of carbonyl (C=O) groups excluding carboxylic acids is 1. The summed E-state index contributed by atoms with van der Waals surface area (Å²) in [5.74, 6) is 0.453. The van der Waals surface area contributed by atoms with Gasteiger partial charge in [0.25, 0.3) is 0 Å². The maximum absolute atomic E-state index is 11.7. The van der Waals surface area contributed by atoms with E-state index in [0.29, 0.717) is 17.1 Å². The van der Waals surface area contributed by atoms with Crippen molar-refractivity contribution in [3.05, 3.63) is 18.2 Å². The van der Waals surface area contributed by atoms with E-state index >= 15 is 0 Å². The smallest absolute Gasteiger partial charge is 0.328 e. The van der Waals surface area contributed by atoms with E-state index in [9.17, 15) is 4.79 Å². The van der Waals surface area contributed by atoms with Gasteiger partial charge in [0.1, 0.15) is 11.8 Å². The molecule has 5 nitrogen and oxygen atoms in total. The predicted molar refractivity (Wildman–Crippen MR) is 71.7 cm³/mol. The summed E-state index contributed by atoms with van der Waals surface area (Å²) in [5, 5.41) is 3.09. The second kappa shape index (κ2) is 6.14. The minimum Gasteiger partial charge on any atom is -0.497 e. The van der Waals surface area contributed by atoms with Gasteiger partial charge >= 0.3 is 5.97 Å². The molecule has 0 aliphatic carbocycles. The Bertz CT molecular complexity index is 419. The number of hydrogen-bond donors (Lipinski definition) is 2. The van der Waals surface area contributed by atoms with Crippen LogP contribution in [0.1, 0.15) is 13.8 Å². The maximum Gasteiger partial charge on any atom is 0.328 e. The van der Waals surface area contributed by atoms with Crippen molar-refractivity contribution in [2.75, 3.05) is 25.3 Å². The first-order valence-electron chi connectivity index (χ1n) is 5.77. The van der Waals surface area contributed by atoms with Crippen LogP contribution < -0.4 is 15.8 Å². The summed E-state index contributed by atoms with van der Waals surface area (Å²) in [7, 11) is 2.95. The number of rotatable bonds is 5. The molecule has 1 aromatic rings. The Labute approximate surface area is 107 Å². The highest BCUT2D eigenvalue weighted by Crippen LogP contribution is 2.26. The summed E-state index contributed by atoms with van der Waals surface area (Å²) in [5.41, 5.74) is 7.09. The van der Waals surface area contributed by atoms with Crippen LogP contribution in [0.5, 0.6) is 5.75 Å². The fourth-order valence-electron chi connectivity index (χ4n) is 1.58. The lowest BCUT2D eigenvalue weighted by molar-refractivity contribution is -0.142. The third kappa shape index (κ3) is 3.29. The molecule has 0 spiro atoms. The van der Waals surface area contributed by atoms with E-state index in [1.807, 2.05) is 13.8 Å². The van der Waals surface area contributed by atoms with Crippen molar-refractivity contribution >= 4 is 17.3 Å². The third-order valence-corrected chi connectivity index (χ3v) is 2.69. The van der Waals surface area contributed by atoms with Crippen LogP contribution in [-0.2, 0) is 9.53 Å². The highest BCUT2D eigenvalue weighted by molar-refractivity contribution is 5.81. The first-order chi connectivity index (χ1) is 8.49. The second-order valence-electron chi connectivity index (χ2n) is 4.34. The fraction of sp³-hybridized carbons (Fsp3) is 0.462. The molecule has 0 radical (unpaired) electrons. The van der Waals surface area contributed by atoms with Gasteiger partial charge in [-0.2, -0.15) is 0 Å². The number of esters is 1. The minimum atomic E-state index is -0.440. The first kappa shape index (κ1) is 14.2. The van der Waals surface area contributed by atoms with Crippen LogP contribution in [0.15, 0.2) is 18.2 Å². The van der Waals surface area contributed by atoms with E-state index in [-0.39, 0.29) is 11.9 Å². The van der Waals surface area contributed by atoms with Crippen LogP contribution in [-0.4, -0.2) is 26.2 Å². The maximum atomic E-state index is 11.7. The van der Waals surface area contributed by atoms with E-state index in [4.69, 9.17) is 15.2 Å². The molecular weight excluding hydrogens is 232 g/mol. The van der Waals surface area contributed by atoms with Gasteiger partial charge in [-0.3, -0.25) is 0 Å². The summed E-state index contributed by atoms with van der Waals surface area (Å²) < 4.78 is 9.90. The van der Waals surface area contributed by atoms with E-state index in [0.717, 1.165) is 0 Å². The Hall–Kier alpha value is -1.91. The lowest BCUT2D eigenvalue weighted by Crippen LogP contribution is -2.35. The number of carbonyl (C=O) groups is 1. The Kier molecular flexibility index (Phi) is 4.83. The average Bonchev–Trinajstić information content (AvgIpc) is 2.36. The number of nitrogens with one attached hydrogen (secondary N) is 1. The highest BCUT2D eigenvalue weighted by atomic mass is 16.5. The van der Waals surface area contributed by atoms with Crippen LogP contribution in [0.4, 0.5) is 11.4 Å². The highest BCUT2D eigenvalue weighted by Gasteiger charge is 2.23. The van der Waals surface area contributed by atoms with E-state index in [2.05, 4.69) is 5.32 Å². The standard InChI is InChI=1S/C13H20N2O3/c1-8(2)12(13(16)18-4)15-11-7-9(17-3)5-6-10(11)14/h5-8,12,15H,14H2,1-4H3. The van der Waals surface area contributed by atoms with Crippen molar-refractivity contribution in [2.24, 2.45) is 5.92 Å². The molecule has 18 heavy (non-hydrogen) atoms. The van der Waals surface area contributed by atoms with E-state index in [1.165, 1.54) is 7.11 Å². The number of benzene rings is 1. The molecule has 0 aromatic heterocycles. The van der Waals surface area contributed by atoms with Crippen molar-refractivity contribution in [1.82, 2.24) is 0 Å². The predicted octanol–water partition coefficient (Wildman–Crippen LogP) is 1.89. The molecule has 1 atom stereocenters. The molecule has 0 aliphatic heterocycles. The van der Waals surface area contributed by atoms with Gasteiger partial charge in [-0.05, 0) is 18.1 Å². The summed E-state index contributed by atoms with van der Waals surface area (Å²) in [6.45, 7) is 3.87. The van der Waals surface area contributed by atoms with Crippen molar-refractivity contribution in [1.29, 1.82) is 0 Å². The zero-order valence-electron chi connectivity index (χ0n) is 11.2. The van der Waals surface area contributed by atoms with Crippen molar-refractivity contribution in [3.63, 3.8) is 0 Å². The minimum absolute atomic E-state index is 0.0862. The molecule has 0 heterocycles. The molecule has 0 aliphatic rings. The van der Waals surface area contributed by atoms with Gasteiger partial charge in [0, 0.05) is 6.07 Å². The van der Waals surface area contributed by atoms with E-state index in [1.54, 1.807) is 25.3 Å². The van der Waals surface area contributed by atoms with Gasteiger partial charge in [0.2, 0.25) is 0 Å². The monoisotopic (exact) mass is 252 g/mol. The number of anilines is 2. The molecule has 3 N–H and O–H groups in total. The van der Waals surface area contributed by atoms with Gasteiger partial charge in [-0.25, -0.2) is 4.79 Å². The Morgan fingerprint density at radius 3 is 2.50 bits per heavy atom. The molecule has 5 heteroatoms. The molecule has 0 fully saturated rings. The second-order valence-corrected chi connectivity index (χ2v) is 4.34. The number of nitrogens with two attached hydrogens (primary N) is 1. The molecule has 100 valence electrons. The van der Waals surface area contributed by atoms with Crippen molar-refractivity contribution < 1.29 is 14.3 Å². The third-order valence-electron chi connectivity index (χ3n) is 2.69. The zero-order chi connectivity index (χ0) is 13.7. The summed E-state index contributed by atoms with van der Waals surface area (Å²) in [6, 6.07) is 4.82. The molecule has 0 saturated carbocycles. The van der Waals surface area contributed by atoms with Crippen LogP contribution in [0.25, 0.3) is 0 Å². The SMILES string of the molecule is COC(=O)C(Nc1cc(OC)ccc1N)C(C)C. The quantitative estimate of drug-likeness (QED) is 0.618. The molecule has 0 saturated heterocycles. The lowest BCUT2D eigenvalue weighted by Gasteiger charge is -2.22. The summed E-state index contributed by atoms with van der Waals surface area (Å²) >= 11 is 0. The number of hydrogen-bond acceptors (Lipinski definition) is 5. The van der Waals surface area contributed by atoms with Crippen molar-refractivity contribution in [3.8, 4) is 5.75 Å². The number of methoxy groups -OCH3 is 2. The van der Waals surface area contributed by atoms with Gasteiger partial charge in [-0.15, -0.1) is 0 Å². The summed E-state index contributed by atoms with van der Waals surface area (Å²) in [6.07, 6.45) is 0. The Morgan fingerprint density at radius 2 is 2.00 bits per heavy atom. The van der Waals surface area contributed by atoms with Crippen LogP contribution in [0, 0.1) is 5.92 Å². The first-order valence-corrected chi connectivity index (χ1v) is 5.77. The van der Waals surface area contributed by atoms with Gasteiger partial charge < -0.3 is 20.5 Å². The number of nitrogen functional groups attached to an aromatic ring is 1. The normalized spacial score (nSPS) is 12.1. The molecule has 1 unspecified atom stereocenters. The van der Waals surface area contributed by atoms with Gasteiger partial charge in [0.15, 0.2) is 0 Å². The molecule has 1 rings (SSSR count). The van der Waals surface area contributed by atoms with Gasteiger partial charge in [-0.1, -0.05) is 13.8 Å². The number of ether oxygens (including phenoxy) is 2. The van der Waals surface area contributed by atoms with Crippen LogP contribution in [0.2, 0.25) is 0 Å². The molecule has 0 bridgehead atoms. The van der Waals surface area contributed by atoms with Crippen LogP contribution in [0.3, 0.4) is 0 Å². The lowest BCUT2D eigenvalue weighted by atomic mass is 10.0. The van der Waals surface area contributed by atoms with E-state index < -0.39 is 6.04 Å². The largest absolute Gasteiger partial charge is 0.497 e. The molecule has 0 amide bonds. The summed E-state index contributed by atoms with van der Waals surface area (Å²) in [4.78, 5) is 11.7. The molecule has 1 aromatic carbocycles. The zero-order valence-corrected chi connectivity index (χ0v) is 11.2.